The monoisotopic (exact) mass is 441 g/mol. The average Bonchev–Trinajstić information content (AvgIpc) is 2.69. The molecule has 5 N–H and O–H groups in total. The van der Waals surface area contributed by atoms with Gasteiger partial charge in [-0.2, -0.15) is 0 Å². The fourth-order valence-corrected chi connectivity index (χ4v) is 4.18. The zero-order chi connectivity index (χ0) is 22.1. The summed E-state index contributed by atoms with van der Waals surface area (Å²) in [5, 5.41) is 15.3. The topological polar surface area (TPSA) is 111 Å². The molecule has 31 heavy (non-hydrogen) atoms. The Balaban J connectivity index is 1.50. The fourth-order valence-electron chi connectivity index (χ4n) is 3.99. The molecule has 2 aromatic carbocycles. The maximum atomic E-state index is 13.1. The molecule has 2 fully saturated rings. The minimum Gasteiger partial charge on any atom is -0.353 e. The number of halogens is 1. The highest BCUT2D eigenvalue weighted by molar-refractivity contribution is 6.30. The molecule has 2 saturated heterocycles. The summed E-state index contributed by atoms with van der Waals surface area (Å²) in [5.74, 6) is -2.48. The molecule has 2 aromatic rings. The number of piperidine rings is 1. The van der Waals surface area contributed by atoms with Crippen LogP contribution in [0.3, 0.4) is 0 Å². The first-order chi connectivity index (χ1) is 14.8. The molecule has 4 atom stereocenters. The zero-order valence-corrected chi connectivity index (χ0v) is 17.9. The molecule has 2 aliphatic rings. The van der Waals surface area contributed by atoms with Crippen LogP contribution in [-0.2, 0) is 14.4 Å². The predicted octanol–water partition coefficient (Wildman–Crippen LogP) is 2.09. The van der Waals surface area contributed by atoms with Gasteiger partial charge < -0.3 is 21.3 Å². The largest absolute Gasteiger partial charge is 0.353 e. The van der Waals surface area contributed by atoms with Gasteiger partial charge in [0.15, 0.2) is 6.29 Å². The average molecular weight is 442 g/mol. The summed E-state index contributed by atoms with van der Waals surface area (Å²) in [6.45, 7) is 3.83. The van der Waals surface area contributed by atoms with Gasteiger partial charge >= 0.3 is 0 Å². The zero-order valence-electron chi connectivity index (χ0n) is 17.2. The minimum atomic E-state index is -0.793. The van der Waals surface area contributed by atoms with Crippen LogP contribution in [-0.4, -0.2) is 30.2 Å². The molecule has 162 valence electrons. The summed E-state index contributed by atoms with van der Waals surface area (Å²) in [6, 6.07) is 12.8. The van der Waals surface area contributed by atoms with Crippen LogP contribution in [0.5, 0.6) is 0 Å². The third-order valence-corrected chi connectivity index (χ3v) is 5.81. The van der Waals surface area contributed by atoms with Gasteiger partial charge in [0.1, 0.15) is 0 Å². The van der Waals surface area contributed by atoms with Crippen LogP contribution in [0.4, 0.5) is 11.4 Å². The van der Waals surface area contributed by atoms with E-state index in [2.05, 4.69) is 26.6 Å². The van der Waals surface area contributed by atoms with Crippen molar-refractivity contribution in [1.82, 2.24) is 16.0 Å². The molecule has 2 heterocycles. The number of hydrogen-bond acceptors (Lipinski definition) is 5. The van der Waals surface area contributed by atoms with Crippen molar-refractivity contribution < 1.29 is 14.4 Å². The predicted molar refractivity (Wildman–Crippen MR) is 118 cm³/mol. The molecule has 0 bridgehead atoms. The first kappa shape index (κ1) is 21.1. The number of hydrogen-bond donors (Lipinski definition) is 5. The maximum Gasteiger partial charge on any atom is 0.229 e. The quantitative estimate of drug-likeness (QED) is 0.499. The fraction of sp³-hybridized carbons (Fsp3) is 0.318. The molecule has 2 aliphatic heterocycles. The van der Waals surface area contributed by atoms with Gasteiger partial charge in [0.05, 0.1) is 18.0 Å². The van der Waals surface area contributed by atoms with Crippen LogP contribution < -0.4 is 26.6 Å². The van der Waals surface area contributed by atoms with Crippen LogP contribution >= 0.6 is 11.6 Å². The van der Waals surface area contributed by atoms with Crippen LogP contribution in [0.15, 0.2) is 42.5 Å². The van der Waals surface area contributed by atoms with Crippen molar-refractivity contribution in [1.29, 1.82) is 0 Å². The van der Waals surface area contributed by atoms with E-state index in [9.17, 15) is 14.4 Å². The Hall–Kier alpha value is -3.10. The maximum absolute atomic E-state index is 13.1. The van der Waals surface area contributed by atoms with Crippen LogP contribution in [0.1, 0.15) is 17.5 Å². The van der Waals surface area contributed by atoms with Crippen LogP contribution in [0.25, 0.3) is 0 Å². The molecular weight excluding hydrogens is 418 g/mol. The normalized spacial score (nSPS) is 25.1. The van der Waals surface area contributed by atoms with E-state index in [1.165, 1.54) is 0 Å². The van der Waals surface area contributed by atoms with Crippen molar-refractivity contribution in [2.45, 2.75) is 32.7 Å². The third kappa shape index (κ3) is 4.65. The summed E-state index contributed by atoms with van der Waals surface area (Å²) < 4.78 is 0. The Morgan fingerprint density at radius 2 is 1.90 bits per heavy atom. The summed E-state index contributed by atoms with van der Waals surface area (Å²) >= 11 is 6.01. The number of nitrogens with one attached hydrogen (secondary N) is 5. The van der Waals surface area contributed by atoms with Gasteiger partial charge in [-0.3, -0.25) is 19.7 Å². The summed E-state index contributed by atoms with van der Waals surface area (Å²) in [4.78, 5) is 38.3. The number of benzene rings is 2. The highest BCUT2D eigenvalue weighted by atomic mass is 35.5. The molecular formula is C22H24ClN5O3. The standard InChI is InChI=1S/C22H24ClN5O3/c1-11-6-7-12(2)16(8-11)25-20(30)15-10-17(29)26-19-18(15)21(31)28-22(27-19)24-14-5-3-4-13(23)9-14/h3-9,15,18-19,22,24,27H,10H2,1-2H3,(H,25,30)(H,26,29)(H,28,31). The Morgan fingerprint density at radius 1 is 1.10 bits per heavy atom. The summed E-state index contributed by atoms with van der Waals surface area (Å²) in [5.41, 5.74) is 3.30. The summed E-state index contributed by atoms with van der Waals surface area (Å²) in [7, 11) is 0. The summed E-state index contributed by atoms with van der Waals surface area (Å²) in [6.07, 6.45) is -1.37. The second-order valence-corrected chi connectivity index (χ2v) is 8.39. The highest BCUT2D eigenvalue weighted by Gasteiger charge is 2.48. The van der Waals surface area contributed by atoms with Crippen molar-refractivity contribution in [2.24, 2.45) is 11.8 Å². The van der Waals surface area contributed by atoms with E-state index >= 15 is 0 Å². The number of carbonyl (C=O) groups is 3. The van der Waals surface area contributed by atoms with E-state index < -0.39 is 24.3 Å². The second kappa shape index (κ2) is 8.56. The van der Waals surface area contributed by atoms with Gasteiger partial charge in [0.2, 0.25) is 17.7 Å². The minimum absolute atomic E-state index is 0.0562. The van der Waals surface area contributed by atoms with E-state index in [0.717, 1.165) is 11.1 Å². The lowest BCUT2D eigenvalue weighted by Gasteiger charge is -2.43. The molecule has 4 unspecified atom stereocenters. The molecule has 0 aromatic heterocycles. The van der Waals surface area contributed by atoms with Crippen LogP contribution in [0, 0.1) is 25.7 Å². The van der Waals surface area contributed by atoms with Gasteiger partial charge in [0, 0.05) is 22.8 Å². The van der Waals surface area contributed by atoms with Gasteiger partial charge in [-0.05, 0) is 49.2 Å². The number of amides is 3. The molecule has 4 rings (SSSR count). The lowest BCUT2D eigenvalue weighted by atomic mass is 9.81. The lowest BCUT2D eigenvalue weighted by Crippen LogP contribution is -2.72. The number of aryl methyl sites for hydroxylation is 2. The third-order valence-electron chi connectivity index (χ3n) is 5.57. The van der Waals surface area contributed by atoms with E-state index in [1.54, 1.807) is 18.2 Å². The van der Waals surface area contributed by atoms with Gasteiger partial charge in [0.25, 0.3) is 0 Å². The van der Waals surface area contributed by atoms with E-state index in [1.807, 2.05) is 38.1 Å². The van der Waals surface area contributed by atoms with Crippen molar-refractivity contribution in [2.75, 3.05) is 10.6 Å². The van der Waals surface area contributed by atoms with E-state index in [-0.39, 0.29) is 24.1 Å². The van der Waals surface area contributed by atoms with Crippen molar-refractivity contribution >= 4 is 40.7 Å². The van der Waals surface area contributed by atoms with Crippen molar-refractivity contribution in [3.05, 3.63) is 58.6 Å². The van der Waals surface area contributed by atoms with Crippen molar-refractivity contribution in [3.8, 4) is 0 Å². The molecule has 8 nitrogen and oxygen atoms in total. The molecule has 0 aliphatic carbocycles. The molecule has 3 amide bonds. The first-order valence-corrected chi connectivity index (χ1v) is 10.4. The number of rotatable bonds is 4. The molecule has 0 saturated carbocycles. The Bertz CT molecular complexity index is 1040. The Labute approximate surface area is 185 Å². The number of carbonyl (C=O) groups excluding carboxylic acids is 3. The molecule has 0 spiro atoms. The Morgan fingerprint density at radius 3 is 2.68 bits per heavy atom. The van der Waals surface area contributed by atoms with E-state index in [4.69, 9.17) is 11.6 Å². The second-order valence-electron chi connectivity index (χ2n) is 7.95. The number of anilines is 2. The smallest absolute Gasteiger partial charge is 0.229 e. The van der Waals surface area contributed by atoms with Gasteiger partial charge in [-0.1, -0.05) is 29.8 Å². The molecule has 0 radical (unpaired) electrons. The van der Waals surface area contributed by atoms with E-state index in [0.29, 0.717) is 16.4 Å². The SMILES string of the molecule is Cc1ccc(C)c(NC(=O)C2CC(=O)NC3NC(Nc4cccc(Cl)c4)NC(=O)C32)c1. The first-order valence-electron chi connectivity index (χ1n) is 10.1. The van der Waals surface area contributed by atoms with Gasteiger partial charge in [-0.25, -0.2) is 0 Å². The molecule has 9 heteroatoms. The Kier molecular flexibility index (Phi) is 5.84. The number of fused-ring (bicyclic) bond motifs is 1. The van der Waals surface area contributed by atoms with Crippen molar-refractivity contribution in [3.63, 3.8) is 0 Å². The van der Waals surface area contributed by atoms with Gasteiger partial charge in [-0.15, -0.1) is 0 Å². The lowest BCUT2D eigenvalue weighted by molar-refractivity contribution is -0.144. The highest BCUT2D eigenvalue weighted by Crippen LogP contribution is 2.29. The van der Waals surface area contributed by atoms with Crippen LogP contribution in [0.2, 0.25) is 5.02 Å².